The van der Waals surface area contributed by atoms with Gasteiger partial charge in [0.15, 0.2) is 5.78 Å². The topological polar surface area (TPSA) is 77.8 Å². The van der Waals surface area contributed by atoms with Crippen molar-refractivity contribution in [1.82, 2.24) is 4.90 Å². The number of hydrogen-bond acceptors (Lipinski definition) is 4. The van der Waals surface area contributed by atoms with E-state index in [9.17, 15) is 19.8 Å². The Hall–Kier alpha value is -2.82. The fraction of sp³-hybridized carbons (Fsp3) is 0.481. The molecule has 1 aliphatic heterocycles. The van der Waals surface area contributed by atoms with E-state index in [0.29, 0.717) is 24.8 Å². The summed E-state index contributed by atoms with van der Waals surface area (Å²) in [7, 11) is 0. The van der Waals surface area contributed by atoms with Gasteiger partial charge in [-0.2, -0.15) is 0 Å². The van der Waals surface area contributed by atoms with Crippen LogP contribution in [-0.2, 0) is 15.0 Å². The van der Waals surface area contributed by atoms with Crippen molar-refractivity contribution in [1.29, 1.82) is 0 Å². The summed E-state index contributed by atoms with van der Waals surface area (Å²) in [5.74, 6) is 0.596. The van der Waals surface area contributed by atoms with Crippen LogP contribution in [0, 0.1) is 5.41 Å². The van der Waals surface area contributed by atoms with E-state index in [1.165, 1.54) is 12.8 Å². The highest BCUT2D eigenvalue weighted by atomic mass is 16.3. The Labute approximate surface area is 190 Å². The SMILES string of the molecule is CC(=O)[C@@H]1CC2(CCN1C(=O)CCCC(C)(c1ccc(O)cc1)c1ccc(O)cc1)CC2. The molecule has 5 nitrogen and oxygen atoms in total. The molecule has 1 atom stereocenters. The number of benzene rings is 2. The van der Waals surface area contributed by atoms with Gasteiger partial charge in [-0.15, -0.1) is 0 Å². The van der Waals surface area contributed by atoms with Crippen molar-refractivity contribution in [2.24, 2.45) is 5.41 Å². The zero-order valence-corrected chi connectivity index (χ0v) is 19.0. The third-order valence-corrected chi connectivity index (χ3v) is 7.71. The Kier molecular flexibility index (Phi) is 6.02. The van der Waals surface area contributed by atoms with Gasteiger partial charge in [0.25, 0.3) is 0 Å². The Bertz CT molecular complexity index is 930. The normalized spacial score (nSPS) is 19.7. The van der Waals surface area contributed by atoms with E-state index in [1.807, 2.05) is 29.2 Å². The van der Waals surface area contributed by atoms with Crippen LogP contribution in [0.25, 0.3) is 0 Å². The number of piperidine rings is 1. The number of ketones is 1. The molecular weight excluding hydrogens is 402 g/mol. The summed E-state index contributed by atoms with van der Waals surface area (Å²) in [4.78, 5) is 27.2. The lowest BCUT2D eigenvalue weighted by molar-refractivity contribution is -0.142. The average molecular weight is 436 g/mol. The molecule has 1 heterocycles. The predicted molar refractivity (Wildman–Crippen MR) is 124 cm³/mol. The van der Waals surface area contributed by atoms with Crippen LogP contribution in [-0.4, -0.2) is 39.4 Å². The molecule has 1 amide bonds. The third-order valence-electron chi connectivity index (χ3n) is 7.71. The highest BCUT2D eigenvalue weighted by Crippen LogP contribution is 2.55. The maximum atomic E-state index is 13.1. The van der Waals surface area contributed by atoms with Gasteiger partial charge in [-0.3, -0.25) is 9.59 Å². The van der Waals surface area contributed by atoms with E-state index in [2.05, 4.69) is 6.92 Å². The molecule has 1 saturated heterocycles. The van der Waals surface area contributed by atoms with Gasteiger partial charge in [0.2, 0.25) is 5.91 Å². The maximum Gasteiger partial charge on any atom is 0.223 e. The van der Waals surface area contributed by atoms with Crippen molar-refractivity contribution in [2.45, 2.75) is 70.3 Å². The minimum atomic E-state index is -0.373. The van der Waals surface area contributed by atoms with Crippen molar-refractivity contribution in [3.05, 3.63) is 59.7 Å². The number of rotatable bonds is 7. The molecule has 170 valence electrons. The molecule has 5 heteroatoms. The second-order valence-corrected chi connectivity index (χ2v) is 9.95. The van der Waals surface area contributed by atoms with Gasteiger partial charge in [-0.05, 0) is 86.3 Å². The molecule has 2 aromatic carbocycles. The van der Waals surface area contributed by atoms with E-state index < -0.39 is 0 Å². The molecule has 2 aliphatic rings. The second kappa shape index (κ2) is 8.61. The Morgan fingerprint density at radius 3 is 1.97 bits per heavy atom. The van der Waals surface area contributed by atoms with E-state index in [4.69, 9.17) is 0 Å². The highest BCUT2D eigenvalue weighted by molar-refractivity contribution is 5.88. The predicted octanol–water partition coefficient (Wildman–Crippen LogP) is 4.93. The second-order valence-electron chi connectivity index (χ2n) is 9.95. The molecule has 32 heavy (non-hydrogen) atoms. The summed E-state index contributed by atoms with van der Waals surface area (Å²) in [6.07, 6.45) is 6.05. The molecule has 0 radical (unpaired) electrons. The standard InChI is InChI=1S/C27H33NO4/c1-19(29)24-18-27(14-15-27)16-17-28(24)25(32)4-3-13-26(2,20-5-9-22(30)10-6-20)21-7-11-23(31)12-8-21/h5-12,24,30-31H,3-4,13-18H2,1-2H3/t24-/m0/s1. The minimum Gasteiger partial charge on any atom is -0.508 e. The van der Waals surface area contributed by atoms with Crippen LogP contribution in [0.4, 0.5) is 0 Å². The molecule has 0 aromatic heterocycles. The lowest BCUT2D eigenvalue weighted by atomic mass is 9.72. The quantitative estimate of drug-likeness (QED) is 0.646. The van der Waals surface area contributed by atoms with Crippen molar-refractivity contribution in [3.8, 4) is 11.5 Å². The number of Topliss-reactive ketones (excluding diaryl/α,β-unsaturated/α-hetero) is 1. The van der Waals surface area contributed by atoms with E-state index in [-0.39, 0.29) is 34.6 Å². The summed E-state index contributed by atoms with van der Waals surface area (Å²) < 4.78 is 0. The molecule has 2 fully saturated rings. The van der Waals surface area contributed by atoms with E-state index in [0.717, 1.165) is 30.4 Å². The van der Waals surface area contributed by atoms with Gasteiger partial charge < -0.3 is 15.1 Å². The maximum absolute atomic E-state index is 13.1. The summed E-state index contributed by atoms with van der Waals surface area (Å²) >= 11 is 0. The van der Waals surface area contributed by atoms with Gasteiger partial charge in [0.1, 0.15) is 11.5 Å². The lowest BCUT2D eigenvalue weighted by Crippen LogP contribution is -2.50. The molecule has 2 N–H and O–H groups in total. The van der Waals surface area contributed by atoms with E-state index >= 15 is 0 Å². The molecule has 0 unspecified atom stereocenters. The Morgan fingerprint density at radius 2 is 1.50 bits per heavy atom. The van der Waals surface area contributed by atoms with Gasteiger partial charge in [0, 0.05) is 18.4 Å². The number of phenolic OH excluding ortho intramolecular Hbond substituents is 2. The molecular formula is C27H33NO4. The first kappa shape index (κ1) is 22.4. The van der Waals surface area contributed by atoms with Gasteiger partial charge in [-0.1, -0.05) is 31.2 Å². The van der Waals surface area contributed by atoms with Gasteiger partial charge in [0.05, 0.1) is 6.04 Å². The molecule has 1 aliphatic carbocycles. The van der Waals surface area contributed by atoms with Crippen LogP contribution in [0.1, 0.15) is 69.9 Å². The molecule has 2 aromatic rings. The number of phenols is 2. The largest absolute Gasteiger partial charge is 0.508 e. The third kappa shape index (κ3) is 4.52. The van der Waals surface area contributed by atoms with Crippen LogP contribution in [0.2, 0.25) is 0 Å². The van der Waals surface area contributed by atoms with Crippen LogP contribution in [0.15, 0.2) is 48.5 Å². The summed E-state index contributed by atoms with van der Waals surface area (Å²) in [5.41, 5.74) is 2.04. The minimum absolute atomic E-state index is 0.0689. The lowest BCUT2D eigenvalue weighted by Gasteiger charge is -2.39. The fourth-order valence-corrected chi connectivity index (χ4v) is 5.28. The number of aromatic hydroxyl groups is 2. The summed E-state index contributed by atoms with van der Waals surface area (Å²) in [5, 5.41) is 19.4. The number of likely N-dealkylation sites (tertiary alicyclic amines) is 1. The molecule has 1 spiro atoms. The number of amides is 1. The number of carbonyl (C=O) groups is 2. The zero-order chi connectivity index (χ0) is 22.9. The molecule has 4 rings (SSSR count). The number of nitrogens with zero attached hydrogens (tertiary/aromatic N) is 1. The molecule has 1 saturated carbocycles. The Balaban J connectivity index is 1.47. The first-order valence-corrected chi connectivity index (χ1v) is 11.6. The van der Waals surface area contributed by atoms with Crippen LogP contribution in [0.5, 0.6) is 11.5 Å². The highest BCUT2D eigenvalue weighted by Gasteiger charge is 2.50. The first-order valence-electron chi connectivity index (χ1n) is 11.6. The monoisotopic (exact) mass is 435 g/mol. The summed E-state index contributed by atoms with van der Waals surface area (Å²) in [6, 6.07) is 14.1. The van der Waals surface area contributed by atoms with Crippen LogP contribution < -0.4 is 0 Å². The fourth-order valence-electron chi connectivity index (χ4n) is 5.28. The van der Waals surface area contributed by atoms with Crippen LogP contribution in [0.3, 0.4) is 0 Å². The summed E-state index contributed by atoms with van der Waals surface area (Å²) in [6.45, 7) is 4.43. The smallest absolute Gasteiger partial charge is 0.223 e. The van der Waals surface area contributed by atoms with Crippen molar-refractivity contribution < 1.29 is 19.8 Å². The molecule has 0 bridgehead atoms. The first-order chi connectivity index (χ1) is 15.2. The van der Waals surface area contributed by atoms with Crippen molar-refractivity contribution in [3.63, 3.8) is 0 Å². The van der Waals surface area contributed by atoms with Crippen molar-refractivity contribution in [2.75, 3.05) is 6.54 Å². The van der Waals surface area contributed by atoms with E-state index in [1.54, 1.807) is 31.2 Å². The van der Waals surface area contributed by atoms with Gasteiger partial charge >= 0.3 is 0 Å². The van der Waals surface area contributed by atoms with Gasteiger partial charge in [-0.25, -0.2) is 0 Å². The number of hydrogen-bond donors (Lipinski definition) is 2. The van der Waals surface area contributed by atoms with Crippen LogP contribution >= 0.6 is 0 Å². The average Bonchev–Trinajstić information content (AvgIpc) is 3.52. The zero-order valence-electron chi connectivity index (χ0n) is 19.0. The van der Waals surface area contributed by atoms with Crippen molar-refractivity contribution >= 4 is 11.7 Å². The Morgan fingerprint density at radius 1 is 0.969 bits per heavy atom. The number of carbonyl (C=O) groups excluding carboxylic acids is 2.